The van der Waals surface area contributed by atoms with E-state index in [0.29, 0.717) is 6.04 Å². The van der Waals surface area contributed by atoms with Crippen LogP contribution in [-0.2, 0) is 0 Å². The molecule has 1 saturated heterocycles. The number of nitrogens with one attached hydrogen (secondary N) is 1. The number of hydrogen-bond donors (Lipinski definition) is 3. The molecule has 1 saturated carbocycles. The van der Waals surface area contributed by atoms with Crippen molar-refractivity contribution in [1.82, 2.24) is 9.62 Å². The van der Waals surface area contributed by atoms with E-state index in [0.717, 1.165) is 32.4 Å². The standard InChI is InChI=1S/C8H18N2O2S/c1-9-7-4-5-10(6-7)13(11,12)8-2-3-8/h7-9,11-12H,2-6H2,1H3. The fourth-order valence-corrected chi connectivity index (χ4v) is 3.77. The van der Waals surface area contributed by atoms with Crippen molar-refractivity contribution in [2.45, 2.75) is 30.6 Å². The Bertz CT molecular complexity index is 197. The molecule has 0 aromatic heterocycles. The van der Waals surface area contributed by atoms with E-state index >= 15 is 0 Å². The third kappa shape index (κ3) is 1.85. The van der Waals surface area contributed by atoms with Crippen molar-refractivity contribution in [3.63, 3.8) is 0 Å². The van der Waals surface area contributed by atoms with Gasteiger partial charge in [-0.15, -0.1) is 10.8 Å². The number of nitrogens with zero attached hydrogens (tertiary/aromatic N) is 1. The molecule has 5 heteroatoms. The van der Waals surface area contributed by atoms with Gasteiger partial charge in [0.25, 0.3) is 0 Å². The van der Waals surface area contributed by atoms with Crippen LogP contribution < -0.4 is 5.32 Å². The third-order valence-corrected chi connectivity index (χ3v) is 5.37. The molecule has 0 aromatic rings. The lowest BCUT2D eigenvalue weighted by molar-refractivity contribution is 0.379. The molecule has 2 rings (SSSR count). The normalized spacial score (nSPS) is 32.4. The fraction of sp³-hybridized carbons (Fsp3) is 1.00. The first kappa shape index (κ1) is 9.73. The molecule has 0 aromatic carbocycles. The summed E-state index contributed by atoms with van der Waals surface area (Å²) < 4.78 is 21.7. The van der Waals surface area contributed by atoms with Gasteiger partial charge >= 0.3 is 0 Å². The number of likely N-dealkylation sites (N-methyl/N-ethyl adjacent to an activating group) is 1. The average molecular weight is 206 g/mol. The molecule has 1 aliphatic carbocycles. The molecule has 1 atom stereocenters. The SMILES string of the molecule is CNC1CCN(S(O)(O)C2CC2)C1. The van der Waals surface area contributed by atoms with Gasteiger partial charge in [0.05, 0.1) is 5.25 Å². The quantitative estimate of drug-likeness (QED) is 0.647. The lowest BCUT2D eigenvalue weighted by Crippen LogP contribution is -2.32. The minimum Gasteiger partial charge on any atom is -0.316 e. The van der Waals surface area contributed by atoms with Crippen molar-refractivity contribution in [3.05, 3.63) is 0 Å². The molecule has 0 amide bonds. The maximum absolute atomic E-state index is 9.90. The zero-order chi connectivity index (χ0) is 9.47. The molecule has 13 heavy (non-hydrogen) atoms. The van der Waals surface area contributed by atoms with E-state index in [4.69, 9.17) is 0 Å². The van der Waals surface area contributed by atoms with E-state index in [1.165, 1.54) is 0 Å². The van der Waals surface area contributed by atoms with Crippen LogP contribution >= 0.6 is 10.8 Å². The second-order valence-corrected chi connectivity index (χ2v) is 6.23. The molecular weight excluding hydrogens is 188 g/mol. The van der Waals surface area contributed by atoms with Crippen molar-refractivity contribution in [3.8, 4) is 0 Å². The Morgan fingerprint density at radius 3 is 2.46 bits per heavy atom. The first-order valence-corrected chi connectivity index (χ1v) is 6.40. The molecule has 0 spiro atoms. The zero-order valence-corrected chi connectivity index (χ0v) is 8.76. The molecule has 78 valence electrons. The summed E-state index contributed by atoms with van der Waals surface area (Å²) in [6, 6.07) is 0.435. The monoisotopic (exact) mass is 206 g/mol. The Labute approximate surface area is 80.8 Å². The highest BCUT2D eigenvalue weighted by atomic mass is 32.3. The van der Waals surface area contributed by atoms with E-state index in [1.54, 1.807) is 0 Å². The van der Waals surface area contributed by atoms with Gasteiger partial charge in [-0.2, -0.15) is 0 Å². The Balaban J connectivity index is 1.93. The zero-order valence-electron chi connectivity index (χ0n) is 7.94. The van der Waals surface area contributed by atoms with Crippen LogP contribution in [0, 0.1) is 0 Å². The molecule has 3 N–H and O–H groups in total. The Kier molecular flexibility index (Phi) is 2.55. The Hall–Kier alpha value is 0.190. The summed E-state index contributed by atoms with van der Waals surface area (Å²) in [4.78, 5) is 0. The van der Waals surface area contributed by atoms with Crippen molar-refractivity contribution >= 4 is 10.8 Å². The van der Waals surface area contributed by atoms with Gasteiger partial charge in [0.15, 0.2) is 0 Å². The van der Waals surface area contributed by atoms with Gasteiger partial charge in [-0.1, -0.05) is 0 Å². The Morgan fingerprint density at radius 1 is 1.31 bits per heavy atom. The van der Waals surface area contributed by atoms with Crippen LogP contribution in [0.15, 0.2) is 0 Å². The van der Waals surface area contributed by atoms with E-state index in [2.05, 4.69) is 5.32 Å². The molecule has 1 aliphatic heterocycles. The third-order valence-electron chi connectivity index (χ3n) is 2.91. The lowest BCUT2D eigenvalue weighted by Gasteiger charge is -2.41. The van der Waals surface area contributed by atoms with E-state index in [9.17, 15) is 9.11 Å². The topological polar surface area (TPSA) is 55.7 Å². The molecular formula is C8H18N2O2S. The van der Waals surface area contributed by atoms with Crippen molar-refractivity contribution in [2.24, 2.45) is 0 Å². The van der Waals surface area contributed by atoms with Crippen LogP contribution in [0.25, 0.3) is 0 Å². The summed E-state index contributed by atoms with van der Waals surface area (Å²) in [5.41, 5.74) is 0. The van der Waals surface area contributed by atoms with Gasteiger partial charge in [-0.25, -0.2) is 4.31 Å². The summed E-state index contributed by atoms with van der Waals surface area (Å²) in [7, 11) is -0.488. The van der Waals surface area contributed by atoms with Gasteiger partial charge in [0.1, 0.15) is 0 Å². The van der Waals surface area contributed by atoms with Crippen molar-refractivity contribution in [2.75, 3.05) is 20.1 Å². The van der Waals surface area contributed by atoms with Gasteiger partial charge in [0, 0.05) is 19.1 Å². The van der Waals surface area contributed by atoms with Crippen LogP contribution in [-0.4, -0.2) is 44.8 Å². The summed E-state index contributed by atoms with van der Waals surface area (Å²) in [5.74, 6) is 0. The Morgan fingerprint density at radius 2 is 2.00 bits per heavy atom. The minimum atomic E-state index is -2.42. The van der Waals surface area contributed by atoms with Crippen molar-refractivity contribution in [1.29, 1.82) is 0 Å². The maximum Gasteiger partial charge on any atom is 0.0642 e. The van der Waals surface area contributed by atoms with E-state index in [1.807, 2.05) is 11.4 Å². The summed E-state index contributed by atoms with van der Waals surface area (Å²) >= 11 is 0. The average Bonchev–Trinajstić information content (AvgIpc) is 2.84. The molecule has 0 radical (unpaired) electrons. The molecule has 1 heterocycles. The van der Waals surface area contributed by atoms with Gasteiger partial charge < -0.3 is 5.32 Å². The van der Waals surface area contributed by atoms with Crippen LogP contribution in [0.4, 0.5) is 0 Å². The number of hydrogen-bond acceptors (Lipinski definition) is 4. The highest BCUT2D eigenvalue weighted by Crippen LogP contribution is 2.58. The smallest absolute Gasteiger partial charge is 0.0642 e. The minimum absolute atomic E-state index is 0.170. The van der Waals surface area contributed by atoms with Gasteiger partial charge in [-0.05, 0) is 26.3 Å². The highest BCUT2D eigenvalue weighted by molar-refractivity contribution is 8.23. The van der Waals surface area contributed by atoms with Crippen LogP contribution in [0.2, 0.25) is 0 Å². The van der Waals surface area contributed by atoms with Crippen LogP contribution in [0.3, 0.4) is 0 Å². The first-order chi connectivity index (χ1) is 6.14. The van der Waals surface area contributed by atoms with Gasteiger partial charge in [-0.3, -0.25) is 9.11 Å². The molecule has 2 fully saturated rings. The van der Waals surface area contributed by atoms with Crippen molar-refractivity contribution < 1.29 is 9.11 Å². The second-order valence-electron chi connectivity index (χ2n) is 3.92. The molecule has 1 unspecified atom stereocenters. The van der Waals surface area contributed by atoms with E-state index < -0.39 is 10.8 Å². The second kappa shape index (κ2) is 3.40. The lowest BCUT2D eigenvalue weighted by atomic mass is 10.3. The molecule has 2 aliphatic rings. The maximum atomic E-state index is 9.90. The first-order valence-electron chi connectivity index (χ1n) is 4.84. The summed E-state index contributed by atoms with van der Waals surface area (Å²) in [6.45, 7) is 1.61. The largest absolute Gasteiger partial charge is 0.316 e. The summed E-state index contributed by atoms with van der Waals surface area (Å²) in [6.07, 6.45) is 3.01. The fourth-order valence-electron chi connectivity index (χ4n) is 1.80. The number of rotatable bonds is 3. The molecule has 4 nitrogen and oxygen atoms in total. The van der Waals surface area contributed by atoms with Crippen LogP contribution in [0.1, 0.15) is 19.3 Å². The summed E-state index contributed by atoms with van der Waals surface area (Å²) in [5, 5.41) is 3.34. The van der Waals surface area contributed by atoms with Crippen LogP contribution in [0.5, 0.6) is 0 Å². The highest BCUT2D eigenvalue weighted by Gasteiger charge is 2.42. The predicted octanol–water partition coefficient (Wildman–Crippen LogP) is 1.11. The molecule has 0 bridgehead atoms. The van der Waals surface area contributed by atoms with Gasteiger partial charge in [0.2, 0.25) is 0 Å². The predicted molar refractivity (Wildman–Crippen MR) is 54.9 cm³/mol. The van der Waals surface area contributed by atoms with E-state index in [-0.39, 0.29) is 5.25 Å².